The summed E-state index contributed by atoms with van der Waals surface area (Å²) in [5.41, 5.74) is 7.59. The van der Waals surface area contributed by atoms with E-state index >= 15 is 0 Å². The van der Waals surface area contributed by atoms with Gasteiger partial charge >= 0.3 is 6.09 Å². The fraction of sp³-hybridized carbons (Fsp3) is 0.909. The highest BCUT2D eigenvalue weighted by Crippen LogP contribution is 2.02. The topological polar surface area (TPSA) is 96.3 Å². The minimum absolute atomic E-state index is 0.362. The van der Waals surface area contributed by atoms with E-state index < -0.39 is 11.6 Å². The van der Waals surface area contributed by atoms with E-state index in [0.717, 1.165) is 25.7 Å². The van der Waals surface area contributed by atoms with Crippen LogP contribution in [0.1, 0.15) is 32.1 Å². The van der Waals surface area contributed by atoms with Crippen molar-refractivity contribution in [3.63, 3.8) is 0 Å². The van der Waals surface area contributed by atoms with Crippen molar-refractivity contribution in [1.82, 2.24) is 5.32 Å². The highest BCUT2D eigenvalue weighted by molar-refractivity contribution is 6.21. The van der Waals surface area contributed by atoms with Crippen molar-refractivity contribution in [1.29, 1.82) is 0 Å². The van der Waals surface area contributed by atoms with Gasteiger partial charge in [-0.25, -0.2) is 4.79 Å². The van der Waals surface area contributed by atoms with Crippen molar-refractivity contribution >= 4 is 17.7 Å². The van der Waals surface area contributed by atoms with Gasteiger partial charge in [0.2, 0.25) is 0 Å². The molecule has 1 amide bonds. The maximum atomic E-state index is 11.3. The van der Waals surface area contributed by atoms with Gasteiger partial charge in [-0.15, -0.1) is 0 Å². The van der Waals surface area contributed by atoms with Crippen molar-refractivity contribution in [2.45, 2.75) is 37.6 Å². The molecule has 0 bridgehead atoms. The lowest BCUT2D eigenvalue weighted by molar-refractivity contribution is 0.139. The number of carbonyl (C=O) groups excluding carboxylic acids is 1. The van der Waals surface area contributed by atoms with Gasteiger partial charge in [0.25, 0.3) is 0 Å². The van der Waals surface area contributed by atoms with Gasteiger partial charge in [-0.3, -0.25) is 0 Å². The van der Waals surface area contributed by atoms with Crippen LogP contribution in [0.4, 0.5) is 4.79 Å². The van der Waals surface area contributed by atoms with Crippen LogP contribution in [0.5, 0.6) is 0 Å². The van der Waals surface area contributed by atoms with Crippen LogP contribution >= 0.6 is 11.6 Å². The zero-order chi connectivity index (χ0) is 14.3. The lowest BCUT2D eigenvalue weighted by atomic mass is 10.2. The van der Waals surface area contributed by atoms with Crippen LogP contribution in [0.15, 0.2) is 5.11 Å². The monoisotopic (exact) mass is 292 g/mol. The van der Waals surface area contributed by atoms with Crippen molar-refractivity contribution in [3.05, 3.63) is 10.4 Å². The molecule has 110 valence electrons. The molecule has 1 N–H and O–H groups in total. The van der Waals surface area contributed by atoms with Gasteiger partial charge in [-0.2, -0.15) is 0 Å². The average molecular weight is 293 g/mol. The van der Waals surface area contributed by atoms with E-state index in [2.05, 4.69) is 15.3 Å². The number of alkyl carbamates (subject to hydrolysis) is 1. The Hall–Kier alpha value is -1.17. The van der Waals surface area contributed by atoms with Crippen molar-refractivity contribution in [2.24, 2.45) is 5.11 Å². The first-order chi connectivity index (χ1) is 9.20. The lowest BCUT2D eigenvalue weighted by Gasteiger charge is -2.11. The highest BCUT2D eigenvalue weighted by Gasteiger charge is 2.09. The molecule has 0 aliphatic heterocycles. The summed E-state index contributed by atoms with van der Waals surface area (Å²) < 4.78 is 9.80. The summed E-state index contributed by atoms with van der Waals surface area (Å²) in [5, 5.41) is 5.94. The molecular weight excluding hydrogens is 272 g/mol. The number of halogens is 1. The Morgan fingerprint density at radius 1 is 1.37 bits per heavy atom. The smallest absolute Gasteiger partial charge is 0.408 e. The molecule has 0 aliphatic carbocycles. The minimum atomic E-state index is -0.509. The fourth-order valence-electron chi connectivity index (χ4n) is 1.31. The number of ether oxygens (including phenoxy) is 2. The molecule has 0 aromatic heterocycles. The van der Waals surface area contributed by atoms with Gasteiger partial charge < -0.3 is 14.8 Å². The van der Waals surface area contributed by atoms with E-state index in [1.807, 2.05) is 0 Å². The summed E-state index contributed by atoms with van der Waals surface area (Å²) in [6, 6.07) is 0. The summed E-state index contributed by atoms with van der Waals surface area (Å²) in [6.07, 6.45) is 3.56. The molecule has 0 saturated heterocycles. The Morgan fingerprint density at radius 3 is 2.79 bits per heavy atom. The molecule has 8 heteroatoms. The number of azide groups is 1. The summed E-state index contributed by atoms with van der Waals surface area (Å²) in [7, 11) is 1.57. The minimum Gasteiger partial charge on any atom is -0.450 e. The molecule has 0 rings (SSSR count). The third-order valence-electron chi connectivity index (χ3n) is 2.30. The molecule has 0 aromatic rings. The van der Waals surface area contributed by atoms with E-state index in [1.54, 1.807) is 7.11 Å². The third kappa shape index (κ3) is 13.1. The normalized spacial score (nSPS) is 11.5. The zero-order valence-corrected chi connectivity index (χ0v) is 11.9. The predicted octanol–water partition coefficient (Wildman–Crippen LogP) is 3.18. The molecule has 0 radical (unpaired) electrons. The summed E-state index contributed by atoms with van der Waals surface area (Å²) >= 11 is 5.83. The SMILES string of the molecule is COCCC(Cl)NC(=O)OCCCCCCN=[N+]=[N-]. The molecule has 0 aliphatic rings. The molecule has 1 atom stereocenters. The number of nitrogens with zero attached hydrogens (tertiary/aromatic N) is 3. The quantitative estimate of drug-likeness (QED) is 0.158. The van der Waals surface area contributed by atoms with Crippen molar-refractivity contribution < 1.29 is 14.3 Å². The molecule has 0 saturated carbocycles. The van der Waals surface area contributed by atoms with E-state index in [1.165, 1.54) is 0 Å². The number of alkyl halides is 1. The van der Waals surface area contributed by atoms with Gasteiger partial charge in [0, 0.05) is 31.6 Å². The first-order valence-electron chi connectivity index (χ1n) is 6.28. The fourth-order valence-corrected chi connectivity index (χ4v) is 1.49. The number of hydrogen-bond acceptors (Lipinski definition) is 4. The van der Waals surface area contributed by atoms with Crippen molar-refractivity contribution in [2.75, 3.05) is 26.9 Å². The van der Waals surface area contributed by atoms with Crippen LogP contribution in [0.25, 0.3) is 10.4 Å². The summed E-state index contributed by atoms with van der Waals surface area (Å²) in [4.78, 5) is 13.9. The highest BCUT2D eigenvalue weighted by atomic mass is 35.5. The van der Waals surface area contributed by atoms with E-state index in [0.29, 0.717) is 26.2 Å². The molecule has 0 heterocycles. The van der Waals surface area contributed by atoms with Crippen LogP contribution in [0.2, 0.25) is 0 Å². The van der Waals surface area contributed by atoms with E-state index in [-0.39, 0.29) is 0 Å². The number of hydrogen-bond donors (Lipinski definition) is 1. The van der Waals surface area contributed by atoms with E-state index in [4.69, 9.17) is 26.6 Å². The zero-order valence-electron chi connectivity index (χ0n) is 11.2. The Labute approximate surface area is 118 Å². The van der Waals surface area contributed by atoms with Crippen molar-refractivity contribution in [3.8, 4) is 0 Å². The largest absolute Gasteiger partial charge is 0.450 e. The second-order valence-electron chi connectivity index (χ2n) is 3.90. The molecule has 1 unspecified atom stereocenters. The number of amides is 1. The van der Waals surface area contributed by atoms with Gasteiger partial charge in [-0.05, 0) is 18.4 Å². The standard InChI is InChI=1S/C11H21ClN4O3/c1-18-9-6-10(12)15-11(17)19-8-5-3-2-4-7-14-16-13/h10H,2-9H2,1H3,(H,15,17). The van der Waals surface area contributed by atoms with Crippen LogP contribution in [0.3, 0.4) is 0 Å². The molecule has 19 heavy (non-hydrogen) atoms. The first-order valence-corrected chi connectivity index (χ1v) is 6.71. The van der Waals surface area contributed by atoms with Gasteiger partial charge in [0.1, 0.15) is 5.50 Å². The molecular formula is C11H21ClN4O3. The van der Waals surface area contributed by atoms with Gasteiger partial charge in [0.15, 0.2) is 0 Å². The Balaban J connectivity index is 3.35. The van der Waals surface area contributed by atoms with Gasteiger partial charge in [-0.1, -0.05) is 29.6 Å². The van der Waals surface area contributed by atoms with Crippen LogP contribution in [0, 0.1) is 0 Å². The number of carbonyl (C=O) groups is 1. The predicted molar refractivity (Wildman–Crippen MR) is 73.1 cm³/mol. The van der Waals surface area contributed by atoms with Crippen LogP contribution in [-0.4, -0.2) is 38.5 Å². The maximum absolute atomic E-state index is 11.3. The summed E-state index contributed by atoms with van der Waals surface area (Å²) in [6.45, 7) is 1.37. The molecule has 0 aromatic carbocycles. The molecule has 0 spiro atoms. The maximum Gasteiger partial charge on any atom is 0.408 e. The Bertz CT molecular complexity index is 285. The second-order valence-corrected chi connectivity index (χ2v) is 4.42. The van der Waals surface area contributed by atoms with Gasteiger partial charge in [0.05, 0.1) is 6.61 Å². The van der Waals surface area contributed by atoms with Crippen LogP contribution < -0.4 is 5.32 Å². The number of rotatable bonds is 11. The first kappa shape index (κ1) is 17.8. The van der Waals surface area contributed by atoms with E-state index in [9.17, 15) is 4.79 Å². The molecule has 0 fully saturated rings. The Kier molecular flexibility index (Phi) is 12.4. The molecule has 7 nitrogen and oxygen atoms in total. The number of nitrogens with one attached hydrogen (secondary N) is 1. The number of methoxy groups -OCH3 is 1. The number of unbranched alkanes of at least 4 members (excludes halogenated alkanes) is 3. The summed E-state index contributed by atoms with van der Waals surface area (Å²) in [5.74, 6) is 0. The average Bonchev–Trinajstić information content (AvgIpc) is 2.39. The Morgan fingerprint density at radius 2 is 2.11 bits per heavy atom. The second kappa shape index (κ2) is 13.3. The van der Waals surface area contributed by atoms with Crippen LogP contribution in [-0.2, 0) is 9.47 Å². The lowest BCUT2D eigenvalue weighted by Crippen LogP contribution is -2.32. The third-order valence-corrected chi connectivity index (χ3v) is 2.63.